The van der Waals surface area contributed by atoms with Gasteiger partial charge in [0.05, 0.1) is 11.6 Å². The lowest BCUT2D eigenvalue weighted by Crippen LogP contribution is -1.98. The molecule has 0 amide bonds. The highest BCUT2D eigenvalue weighted by atomic mass is 35.5. The molecule has 0 aliphatic carbocycles. The first-order valence-corrected chi connectivity index (χ1v) is 5.72. The molecule has 0 radical (unpaired) electrons. The Morgan fingerprint density at radius 1 is 1.24 bits per heavy atom. The van der Waals surface area contributed by atoms with Crippen LogP contribution in [0.25, 0.3) is 0 Å². The predicted molar refractivity (Wildman–Crippen MR) is 65.4 cm³/mol. The molecule has 0 atom stereocenters. The van der Waals surface area contributed by atoms with Crippen LogP contribution in [-0.2, 0) is 5.88 Å². The summed E-state index contributed by atoms with van der Waals surface area (Å²) < 4.78 is 5.56. The fourth-order valence-electron chi connectivity index (χ4n) is 1.33. The molecule has 17 heavy (non-hydrogen) atoms. The first kappa shape index (κ1) is 11.8. The zero-order chi connectivity index (χ0) is 12.3. The molecule has 0 aliphatic rings. The first-order valence-electron chi connectivity index (χ1n) is 5.18. The molecule has 0 spiro atoms. The van der Waals surface area contributed by atoms with Gasteiger partial charge in [-0.15, -0.1) is 11.6 Å². The van der Waals surface area contributed by atoms with Gasteiger partial charge in [0.15, 0.2) is 5.75 Å². The van der Waals surface area contributed by atoms with Crippen LogP contribution in [0.1, 0.15) is 17.0 Å². The topological polar surface area (TPSA) is 47.9 Å². The number of halogens is 1. The number of aromatic nitrogens is 3. The zero-order valence-corrected chi connectivity index (χ0v) is 10.4. The molecule has 0 saturated heterocycles. The molecular formula is C12H12ClN3O. The maximum atomic E-state index is 5.74. The fourth-order valence-corrected chi connectivity index (χ4v) is 1.59. The zero-order valence-electron chi connectivity index (χ0n) is 9.64. The van der Waals surface area contributed by atoms with Gasteiger partial charge in [-0.2, -0.15) is 4.98 Å². The van der Waals surface area contributed by atoms with Crippen molar-refractivity contribution in [2.45, 2.75) is 19.7 Å². The summed E-state index contributed by atoms with van der Waals surface area (Å²) in [5.41, 5.74) is 2.53. The lowest BCUT2D eigenvalue weighted by atomic mass is 10.3. The molecule has 0 N–H and O–H groups in total. The average Bonchev–Trinajstić information content (AvgIpc) is 2.32. The normalized spacial score (nSPS) is 10.3. The Labute approximate surface area is 105 Å². The van der Waals surface area contributed by atoms with Gasteiger partial charge in [0.25, 0.3) is 0 Å². The van der Waals surface area contributed by atoms with E-state index < -0.39 is 0 Å². The van der Waals surface area contributed by atoms with Crippen LogP contribution in [0.2, 0.25) is 0 Å². The molecule has 0 bridgehead atoms. The lowest BCUT2D eigenvalue weighted by Gasteiger charge is -2.07. The minimum absolute atomic E-state index is 0.312. The smallest absolute Gasteiger partial charge is 0.322 e. The van der Waals surface area contributed by atoms with Crippen LogP contribution < -0.4 is 4.74 Å². The molecule has 0 unspecified atom stereocenters. The van der Waals surface area contributed by atoms with Gasteiger partial charge in [0.1, 0.15) is 0 Å². The second kappa shape index (κ2) is 5.10. The van der Waals surface area contributed by atoms with Crippen molar-refractivity contribution in [3.63, 3.8) is 0 Å². The predicted octanol–water partition coefficient (Wildman–Crippen LogP) is 3.02. The highest BCUT2D eigenvalue weighted by molar-refractivity contribution is 6.17. The molecule has 88 valence electrons. The summed E-state index contributed by atoms with van der Waals surface area (Å²) in [6.07, 6.45) is 3.39. The van der Waals surface area contributed by atoms with E-state index in [1.807, 2.05) is 26.0 Å². The third-order valence-electron chi connectivity index (χ3n) is 2.36. The summed E-state index contributed by atoms with van der Waals surface area (Å²) in [7, 11) is 0. The van der Waals surface area contributed by atoms with Crippen LogP contribution >= 0.6 is 11.6 Å². The molecule has 2 heterocycles. The highest BCUT2D eigenvalue weighted by Crippen LogP contribution is 2.20. The minimum atomic E-state index is 0.312. The van der Waals surface area contributed by atoms with Crippen LogP contribution in [0.3, 0.4) is 0 Å². The van der Waals surface area contributed by atoms with E-state index in [1.165, 1.54) is 0 Å². The van der Waals surface area contributed by atoms with E-state index in [2.05, 4.69) is 15.0 Å². The highest BCUT2D eigenvalue weighted by Gasteiger charge is 2.06. The monoisotopic (exact) mass is 249 g/mol. The van der Waals surface area contributed by atoms with Crippen LogP contribution in [0.15, 0.2) is 24.5 Å². The van der Waals surface area contributed by atoms with E-state index in [-0.39, 0.29) is 0 Å². The van der Waals surface area contributed by atoms with Crippen LogP contribution in [-0.4, -0.2) is 15.0 Å². The van der Waals surface area contributed by atoms with E-state index in [9.17, 15) is 0 Å². The molecule has 4 nitrogen and oxygen atoms in total. The van der Waals surface area contributed by atoms with E-state index in [0.29, 0.717) is 17.6 Å². The number of pyridine rings is 1. The SMILES string of the molecule is Cc1nc(Oc2cccnc2C)ncc1CCl. The second-order valence-electron chi connectivity index (χ2n) is 3.59. The third-order valence-corrected chi connectivity index (χ3v) is 2.65. The van der Waals surface area contributed by atoms with Gasteiger partial charge in [-0.3, -0.25) is 4.98 Å². The van der Waals surface area contributed by atoms with E-state index in [1.54, 1.807) is 12.4 Å². The fraction of sp³-hybridized carbons (Fsp3) is 0.250. The van der Waals surface area contributed by atoms with E-state index in [4.69, 9.17) is 16.3 Å². The van der Waals surface area contributed by atoms with Gasteiger partial charge in [-0.1, -0.05) is 0 Å². The third kappa shape index (κ3) is 2.71. The molecule has 2 aromatic heterocycles. The van der Waals surface area contributed by atoms with Crippen molar-refractivity contribution in [2.24, 2.45) is 0 Å². The van der Waals surface area contributed by atoms with Crippen molar-refractivity contribution in [1.29, 1.82) is 0 Å². The van der Waals surface area contributed by atoms with Gasteiger partial charge in [0.2, 0.25) is 0 Å². The summed E-state index contributed by atoms with van der Waals surface area (Å²) in [5, 5.41) is 0. The van der Waals surface area contributed by atoms with Crippen molar-refractivity contribution in [2.75, 3.05) is 0 Å². The number of hydrogen-bond acceptors (Lipinski definition) is 4. The summed E-state index contributed by atoms with van der Waals surface area (Å²) in [5.74, 6) is 1.06. The van der Waals surface area contributed by atoms with E-state index in [0.717, 1.165) is 17.0 Å². The first-order chi connectivity index (χ1) is 8.20. The summed E-state index contributed by atoms with van der Waals surface area (Å²) >= 11 is 5.74. The summed E-state index contributed by atoms with van der Waals surface area (Å²) in [6.45, 7) is 3.75. The van der Waals surface area contributed by atoms with Gasteiger partial charge >= 0.3 is 6.01 Å². The molecule has 0 aliphatic heterocycles. The lowest BCUT2D eigenvalue weighted by molar-refractivity contribution is 0.434. The van der Waals surface area contributed by atoms with E-state index >= 15 is 0 Å². The van der Waals surface area contributed by atoms with Crippen LogP contribution in [0.5, 0.6) is 11.8 Å². The number of alkyl halides is 1. The Morgan fingerprint density at radius 3 is 2.71 bits per heavy atom. The number of rotatable bonds is 3. The molecule has 2 aromatic rings. The second-order valence-corrected chi connectivity index (χ2v) is 3.85. The van der Waals surface area contributed by atoms with Crippen molar-refractivity contribution in [1.82, 2.24) is 15.0 Å². The maximum absolute atomic E-state index is 5.74. The van der Waals surface area contributed by atoms with Gasteiger partial charge in [-0.25, -0.2) is 4.98 Å². The van der Waals surface area contributed by atoms with Crippen molar-refractivity contribution in [3.05, 3.63) is 41.5 Å². The average molecular weight is 250 g/mol. The number of nitrogens with zero attached hydrogens (tertiary/aromatic N) is 3. The quantitative estimate of drug-likeness (QED) is 0.785. The molecule has 0 saturated carbocycles. The van der Waals surface area contributed by atoms with Crippen molar-refractivity contribution < 1.29 is 4.74 Å². The largest absolute Gasteiger partial charge is 0.422 e. The summed E-state index contributed by atoms with van der Waals surface area (Å²) in [6, 6.07) is 3.95. The Kier molecular flexibility index (Phi) is 3.54. The number of aryl methyl sites for hydroxylation is 2. The van der Waals surface area contributed by atoms with Crippen LogP contribution in [0, 0.1) is 13.8 Å². The van der Waals surface area contributed by atoms with Gasteiger partial charge < -0.3 is 4.74 Å². The summed E-state index contributed by atoms with van der Waals surface area (Å²) in [4.78, 5) is 12.5. The number of hydrogen-bond donors (Lipinski definition) is 0. The Balaban J connectivity index is 2.25. The molecule has 0 aromatic carbocycles. The molecular weight excluding hydrogens is 238 g/mol. The molecule has 5 heteroatoms. The Bertz CT molecular complexity index is 531. The number of ether oxygens (including phenoxy) is 1. The molecule has 2 rings (SSSR count). The maximum Gasteiger partial charge on any atom is 0.322 e. The standard InChI is InChI=1S/C12H12ClN3O/c1-8-10(6-13)7-15-12(16-8)17-11-4-3-5-14-9(11)2/h3-5,7H,6H2,1-2H3. The Morgan fingerprint density at radius 2 is 2.06 bits per heavy atom. The Hall–Kier alpha value is -1.68. The van der Waals surface area contributed by atoms with Gasteiger partial charge in [-0.05, 0) is 26.0 Å². The molecule has 0 fully saturated rings. The van der Waals surface area contributed by atoms with Crippen molar-refractivity contribution in [3.8, 4) is 11.8 Å². The van der Waals surface area contributed by atoms with Crippen molar-refractivity contribution >= 4 is 11.6 Å². The van der Waals surface area contributed by atoms with Crippen LogP contribution in [0.4, 0.5) is 0 Å². The van der Waals surface area contributed by atoms with Gasteiger partial charge in [0, 0.05) is 23.7 Å². The minimum Gasteiger partial charge on any atom is -0.422 e.